The van der Waals surface area contributed by atoms with E-state index in [9.17, 15) is 22.8 Å². The normalized spacial score (nSPS) is 14.9. The van der Waals surface area contributed by atoms with Gasteiger partial charge in [0.1, 0.15) is 0 Å². The minimum Gasteiger partial charge on any atom is -0.378 e. The second kappa shape index (κ2) is 7.39. The van der Waals surface area contributed by atoms with E-state index in [0.29, 0.717) is 31.9 Å². The van der Waals surface area contributed by atoms with E-state index in [1.54, 1.807) is 4.90 Å². The van der Waals surface area contributed by atoms with Gasteiger partial charge in [-0.15, -0.1) is 0 Å². The smallest absolute Gasteiger partial charge is 0.378 e. The highest BCUT2D eigenvalue weighted by Gasteiger charge is 2.37. The van der Waals surface area contributed by atoms with E-state index < -0.39 is 23.5 Å². The summed E-state index contributed by atoms with van der Waals surface area (Å²) in [5.74, 6) is -0.907. The third-order valence-corrected chi connectivity index (χ3v) is 4.04. The maximum Gasteiger partial charge on any atom is 0.437 e. The lowest BCUT2D eigenvalue weighted by Gasteiger charge is -2.26. The van der Waals surface area contributed by atoms with Crippen molar-refractivity contribution >= 4 is 17.5 Å². The van der Waals surface area contributed by atoms with Crippen molar-refractivity contribution in [1.29, 1.82) is 0 Å². The van der Waals surface area contributed by atoms with E-state index in [2.05, 4.69) is 10.4 Å². The summed E-state index contributed by atoms with van der Waals surface area (Å²) in [6, 6.07) is 5.74. The Balaban J connectivity index is 1.72. The average Bonchev–Trinajstić information content (AvgIpc) is 3.02. The summed E-state index contributed by atoms with van der Waals surface area (Å²) in [5, 5.41) is 5.55. The zero-order valence-electron chi connectivity index (χ0n) is 14.4. The van der Waals surface area contributed by atoms with Gasteiger partial charge in [0.05, 0.1) is 18.9 Å². The monoisotopic (exact) mass is 382 g/mol. The lowest BCUT2D eigenvalue weighted by molar-refractivity contribution is -0.140. The topological polar surface area (TPSA) is 76.5 Å². The van der Waals surface area contributed by atoms with Gasteiger partial charge < -0.3 is 15.0 Å². The molecular formula is C17H17F3N4O3. The molecule has 0 spiro atoms. The van der Waals surface area contributed by atoms with Crippen LogP contribution < -0.4 is 5.32 Å². The van der Waals surface area contributed by atoms with Crippen LogP contribution in [-0.2, 0) is 18.0 Å². The number of amides is 2. The van der Waals surface area contributed by atoms with Crippen LogP contribution in [0.25, 0.3) is 0 Å². The van der Waals surface area contributed by atoms with Crippen LogP contribution in [0.4, 0.5) is 18.9 Å². The third-order valence-electron chi connectivity index (χ3n) is 4.04. The van der Waals surface area contributed by atoms with Crippen molar-refractivity contribution in [2.75, 3.05) is 31.6 Å². The molecule has 1 N–H and O–H groups in total. The maximum absolute atomic E-state index is 13.0. The summed E-state index contributed by atoms with van der Waals surface area (Å²) in [4.78, 5) is 26.3. The first-order valence-corrected chi connectivity index (χ1v) is 8.15. The summed E-state index contributed by atoms with van der Waals surface area (Å²) in [5.41, 5.74) is -1.07. The minimum absolute atomic E-state index is 0.130. The van der Waals surface area contributed by atoms with Crippen molar-refractivity contribution in [1.82, 2.24) is 14.7 Å². The first kappa shape index (κ1) is 18.9. The van der Waals surface area contributed by atoms with Crippen molar-refractivity contribution in [2.24, 2.45) is 7.05 Å². The van der Waals surface area contributed by atoms with E-state index in [-0.39, 0.29) is 11.5 Å². The summed E-state index contributed by atoms with van der Waals surface area (Å²) in [6.45, 7) is 1.92. The van der Waals surface area contributed by atoms with Gasteiger partial charge in [0, 0.05) is 37.5 Å². The molecule has 1 aliphatic rings. The number of hydrogen-bond acceptors (Lipinski definition) is 4. The predicted molar refractivity (Wildman–Crippen MR) is 89.3 cm³/mol. The number of hydrogen-bond donors (Lipinski definition) is 1. The van der Waals surface area contributed by atoms with Crippen LogP contribution in [0.1, 0.15) is 26.4 Å². The largest absolute Gasteiger partial charge is 0.437 e. The standard InChI is InChI=1S/C17H17F3N4O3/c1-23-10-13(14(22-23)17(18,19)20)21-15(25)11-2-4-12(5-3-11)16(26)24-6-8-27-9-7-24/h2-5,10H,6-9H2,1H3,(H,21,25). The van der Waals surface area contributed by atoms with E-state index in [0.717, 1.165) is 10.9 Å². The molecule has 0 saturated carbocycles. The molecule has 10 heteroatoms. The van der Waals surface area contributed by atoms with Gasteiger partial charge in [0.2, 0.25) is 0 Å². The molecule has 0 bridgehead atoms. The van der Waals surface area contributed by atoms with Gasteiger partial charge in [-0.05, 0) is 24.3 Å². The van der Waals surface area contributed by atoms with Gasteiger partial charge in [-0.2, -0.15) is 18.3 Å². The Kier molecular flexibility index (Phi) is 5.17. The number of aryl methyl sites for hydroxylation is 1. The van der Waals surface area contributed by atoms with Crippen LogP contribution >= 0.6 is 0 Å². The molecule has 0 atom stereocenters. The van der Waals surface area contributed by atoms with E-state index in [1.165, 1.54) is 31.3 Å². The molecule has 0 aliphatic carbocycles. The quantitative estimate of drug-likeness (QED) is 0.883. The van der Waals surface area contributed by atoms with E-state index in [1.807, 2.05) is 0 Å². The molecular weight excluding hydrogens is 365 g/mol. The van der Waals surface area contributed by atoms with Crippen molar-refractivity contribution in [3.05, 3.63) is 47.3 Å². The SMILES string of the molecule is Cn1cc(NC(=O)c2ccc(C(=O)N3CCOCC3)cc2)c(C(F)(F)F)n1. The van der Waals surface area contributed by atoms with Crippen LogP contribution in [-0.4, -0.2) is 52.8 Å². The zero-order valence-corrected chi connectivity index (χ0v) is 14.4. The highest BCUT2D eigenvalue weighted by Crippen LogP contribution is 2.33. The van der Waals surface area contributed by atoms with Crippen molar-refractivity contribution in [2.45, 2.75) is 6.18 Å². The second-order valence-electron chi connectivity index (χ2n) is 6.00. The Bertz CT molecular complexity index is 840. The molecule has 1 fully saturated rings. The fourth-order valence-electron chi connectivity index (χ4n) is 2.70. The molecule has 3 rings (SSSR count). The summed E-state index contributed by atoms with van der Waals surface area (Å²) in [6.07, 6.45) is -3.60. The average molecular weight is 382 g/mol. The predicted octanol–water partition coefficient (Wildman–Crippen LogP) is 2.16. The first-order valence-electron chi connectivity index (χ1n) is 8.15. The number of carbonyl (C=O) groups excluding carboxylic acids is 2. The number of benzene rings is 1. The first-order chi connectivity index (χ1) is 12.8. The highest BCUT2D eigenvalue weighted by atomic mass is 19.4. The van der Waals surface area contributed by atoms with Gasteiger partial charge in [0.15, 0.2) is 5.69 Å². The lowest BCUT2D eigenvalue weighted by Crippen LogP contribution is -2.40. The van der Waals surface area contributed by atoms with Crippen LogP contribution in [0.3, 0.4) is 0 Å². The molecule has 0 unspecified atom stereocenters. The number of aromatic nitrogens is 2. The summed E-state index contributed by atoms with van der Waals surface area (Å²) in [7, 11) is 1.33. The Morgan fingerprint density at radius 1 is 1.11 bits per heavy atom. The van der Waals surface area contributed by atoms with Crippen molar-refractivity contribution in [3.63, 3.8) is 0 Å². The Morgan fingerprint density at radius 2 is 1.70 bits per heavy atom. The third kappa shape index (κ3) is 4.27. The number of anilines is 1. The van der Waals surface area contributed by atoms with E-state index >= 15 is 0 Å². The number of carbonyl (C=O) groups is 2. The molecule has 1 aromatic heterocycles. The Morgan fingerprint density at radius 3 is 2.30 bits per heavy atom. The zero-order chi connectivity index (χ0) is 19.6. The van der Waals surface area contributed by atoms with Gasteiger partial charge in [0.25, 0.3) is 11.8 Å². The van der Waals surface area contributed by atoms with Crippen LogP contribution in [0.5, 0.6) is 0 Å². The van der Waals surface area contributed by atoms with Crippen LogP contribution in [0.2, 0.25) is 0 Å². The Labute approximate surface area is 152 Å². The van der Waals surface area contributed by atoms with Gasteiger partial charge in [-0.25, -0.2) is 0 Å². The van der Waals surface area contributed by atoms with E-state index in [4.69, 9.17) is 4.74 Å². The minimum atomic E-state index is -4.68. The van der Waals surface area contributed by atoms with Crippen molar-refractivity contribution in [3.8, 4) is 0 Å². The molecule has 2 heterocycles. The number of nitrogens with zero attached hydrogens (tertiary/aromatic N) is 3. The highest BCUT2D eigenvalue weighted by molar-refractivity contribution is 6.05. The van der Waals surface area contributed by atoms with Gasteiger partial charge in [-0.1, -0.05) is 0 Å². The fraction of sp³-hybridized carbons (Fsp3) is 0.353. The second-order valence-corrected chi connectivity index (χ2v) is 6.00. The van der Waals surface area contributed by atoms with Gasteiger partial charge >= 0.3 is 6.18 Å². The molecule has 144 valence electrons. The molecule has 1 aromatic carbocycles. The summed E-state index contributed by atoms with van der Waals surface area (Å²) >= 11 is 0. The number of morpholine rings is 1. The lowest BCUT2D eigenvalue weighted by atomic mass is 10.1. The number of nitrogens with one attached hydrogen (secondary N) is 1. The van der Waals surface area contributed by atoms with Gasteiger partial charge in [-0.3, -0.25) is 14.3 Å². The maximum atomic E-state index is 13.0. The van der Waals surface area contributed by atoms with Crippen molar-refractivity contribution < 1.29 is 27.5 Å². The summed E-state index contributed by atoms with van der Waals surface area (Å²) < 4.78 is 45.0. The molecule has 7 nitrogen and oxygen atoms in total. The Hall–Kier alpha value is -2.88. The number of ether oxygens (including phenoxy) is 1. The number of alkyl halides is 3. The number of halogens is 3. The molecule has 2 amide bonds. The van der Waals surface area contributed by atoms with Crippen LogP contribution in [0.15, 0.2) is 30.5 Å². The molecule has 2 aromatic rings. The molecule has 27 heavy (non-hydrogen) atoms. The van der Waals surface area contributed by atoms with Crippen LogP contribution in [0, 0.1) is 0 Å². The molecule has 0 radical (unpaired) electrons. The molecule has 1 aliphatic heterocycles. The fourth-order valence-corrected chi connectivity index (χ4v) is 2.70. The molecule has 1 saturated heterocycles. The number of rotatable bonds is 3.